The molecular formula is C33H25BN2. The van der Waals surface area contributed by atoms with Gasteiger partial charge in [0.2, 0.25) is 6.71 Å². The Morgan fingerprint density at radius 2 is 1.19 bits per heavy atom. The van der Waals surface area contributed by atoms with Crippen LogP contribution in [-0.4, -0.2) is 6.71 Å². The zero-order valence-electron chi connectivity index (χ0n) is 20.0. The second kappa shape index (κ2) is 7.63. The lowest BCUT2D eigenvalue weighted by Crippen LogP contribution is -2.59. The number of rotatable bonds is 2. The van der Waals surface area contributed by atoms with E-state index in [-0.39, 0.29) is 0 Å². The molecule has 0 bridgehead atoms. The molecule has 0 amide bonds. The summed E-state index contributed by atoms with van der Waals surface area (Å²) in [5.74, 6) is 0.468. The van der Waals surface area contributed by atoms with Gasteiger partial charge in [-0.1, -0.05) is 90.4 Å². The molecule has 0 aromatic heterocycles. The van der Waals surface area contributed by atoms with Crippen LogP contribution in [0.1, 0.15) is 17.2 Å². The van der Waals surface area contributed by atoms with Crippen molar-refractivity contribution >= 4 is 46.1 Å². The predicted molar refractivity (Wildman–Crippen MR) is 151 cm³/mol. The van der Waals surface area contributed by atoms with E-state index in [9.17, 15) is 0 Å². The predicted octanol–water partition coefficient (Wildman–Crippen LogP) is 6.90. The molecule has 2 unspecified atom stereocenters. The van der Waals surface area contributed by atoms with E-state index in [1.165, 1.54) is 50.5 Å². The molecule has 3 aliphatic rings. The van der Waals surface area contributed by atoms with E-state index < -0.39 is 0 Å². The van der Waals surface area contributed by atoms with Crippen molar-refractivity contribution in [2.45, 2.75) is 18.3 Å². The Labute approximate surface area is 212 Å². The first-order valence-electron chi connectivity index (χ1n) is 12.9. The van der Waals surface area contributed by atoms with Crippen molar-refractivity contribution in [3.8, 4) is 0 Å². The Balaban J connectivity index is 1.45. The monoisotopic (exact) mass is 460 g/mol. The number of hydrogen-bond acceptors (Lipinski definition) is 2. The SMILES string of the molecule is c1ccc(N2c3ccccc3B3c4c2cccc4N(c2ccccc2)C2c4ccccc4CC32)cc1. The zero-order valence-corrected chi connectivity index (χ0v) is 20.0. The molecule has 0 saturated carbocycles. The molecule has 36 heavy (non-hydrogen) atoms. The van der Waals surface area contributed by atoms with Crippen LogP contribution in [0.3, 0.4) is 0 Å². The maximum Gasteiger partial charge on any atom is 0.223 e. The average molecular weight is 460 g/mol. The van der Waals surface area contributed by atoms with Gasteiger partial charge in [0.05, 0.1) is 6.04 Å². The van der Waals surface area contributed by atoms with Crippen LogP contribution in [0.15, 0.2) is 127 Å². The third-order valence-electron chi connectivity index (χ3n) is 8.37. The number of fused-ring (bicyclic) bond motifs is 6. The van der Waals surface area contributed by atoms with Crippen LogP contribution in [0.25, 0.3) is 0 Å². The molecule has 0 fully saturated rings. The van der Waals surface area contributed by atoms with Crippen LogP contribution in [-0.2, 0) is 6.42 Å². The molecule has 5 aromatic carbocycles. The van der Waals surface area contributed by atoms with E-state index in [2.05, 4.69) is 137 Å². The largest absolute Gasteiger partial charge is 0.335 e. The summed E-state index contributed by atoms with van der Waals surface area (Å²) in [5, 5.41) is 0. The van der Waals surface area contributed by atoms with Crippen LogP contribution < -0.4 is 20.7 Å². The third-order valence-corrected chi connectivity index (χ3v) is 8.37. The van der Waals surface area contributed by atoms with Crippen molar-refractivity contribution < 1.29 is 0 Å². The summed E-state index contributed by atoms with van der Waals surface area (Å²) in [6.07, 6.45) is 1.10. The first-order chi connectivity index (χ1) is 17.9. The molecule has 5 aromatic rings. The van der Waals surface area contributed by atoms with Crippen LogP contribution in [0.4, 0.5) is 28.4 Å². The highest BCUT2D eigenvalue weighted by atomic mass is 15.2. The van der Waals surface area contributed by atoms with Crippen molar-refractivity contribution in [2.24, 2.45) is 0 Å². The lowest BCUT2D eigenvalue weighted by molar-refractivity contribution is 0.669. The molecule has 0 N–H and O–H groups in total. The molecule has 0 saturated heterocycles. The fraction of sp³-hybridized carbons (Fsp3) is 0.0909. The summed E-state index contributed by atoms with van der Waals surface area (Å²) >= 11 is 0. The van der Waals surface area contributed by atoms with Gasteiger partial charge in [0, 0.05) is 28.4 Å². The zero-order chi connectivity index (χ0) is 23.6. The van der Waals surface area contributed by atoms with Gasteiger partial charge in [-0.05, 0) is 71.3 Å². The molecule has 0 radical (unpaired) electrons. The highest BCUT2D eigenvalue weighted by molar-refractivity contribution is 6.91. The van der Waals surface area contributed by atoms with E-state index in [1.807, 2.05) is 0 Å². The normalized spacial score (nSPS) is 18.8. The molecular weight excluding hydrogens is 435 g/mol. The Morgan fingerprint density at radius 3 is 2.03 bits per heavy atom. The average Bonchev–Trinajstić information content (AvgIpc) is 3.33. The molecule has 0 spiro atoms. The van der Waals surface area contributed by atoms with Gasteiger partial charge in [-0.3, -0.25) is 0 Å². The molecule has 2 aliphatic heterocycles. The van der Waals surface area contributed by atoms with Crippen molar-refractivity contribution in [3.05, 3.63) is 139 Å². The quantitative estimate of drug-likeness (QED) is 0.265. The van der Waals surface area contributed by atoms with Crippen molar-refractivity contribution in [2.75, 3.05) is 9.80 Å². The van der Waals surface area contributed by atoms with Gasteiger partial charge < -0.3 is 9.80 Å². The van der Waals surface area contributed by atoms with Crippen LogP contribution in [0.2, 0.25) is 5.82 Å². The van der Waals surface area contributed by atoms with Gasteiger partial charge in [0.1, 0.15) is 0 Å². The third kappa shape index (κ3) is 2.69. The topological polar surface area (TPSA) is 6.48 Å². The fourth-order valence-corrected chi connectivity index (χ4v) is 7.08. The smallest absolute Gasteiger partial charge is 0.223 e. The van der Waals surface area contributed by atoms with E-state index in [0.717, 1.165) is 6.42 Å². The van der Waals surface area contributed by atoms with Crippen molar-refractivity contribution in [1.82, 2.24) is 0 Å². The standard InChI is InChI=1S/C33H25BN2/c1-3-13-24(14-4-1)35-29-19-10-9-18-27(29)34-28-22-23-12-7-8-17-26(23)33(28)36(25-15-5-2-6-16-25)31-21-11-20-30(35)32(31)34/h1-21,28,33H,22H2. The number of nitrogens with zero attached hydrogens (tertiary/aromatic N) is 2. The number of benzene rings is 5. The summed E-state index contributed by atoms with van der Waals surface area (Å²) in [6.45, 7) is 0.352. The van der Waals surface area contributed by atoms with E-state index >= 15 is 0 Å². The summed E-state index contributed by atoms with van der Waals surface area (Å²) < 4.78 is 0. The Hall–Kier alpha value is -4.24. The number of anilines is 5. The molecule has 8 rings (SSSR count). The van der Waals surface area contributed by atoms with E-state index in [1.54, 1.807) is 0 Å². The number of para-hydroxylation sites is 3. The van der Waals surface area contributed by atoms with Gasteiger partial charge in [0.25, 0.3) is 0 Å². The molecule has 2 nitrogen and oxygen atoms in total. The molecule has 170 valence electrons. The molecule has 3 heteroatoms. The molecule has 2 heterocycles. The number of hydrogen-bond donors (Lipinski definition) is 0. The van der Waals surface area contributed by atoms with Crippen LogP contribution in [0, 0.1) is 0 Å². The van der Waals surface area contributed by atoms with E-state index in [0.29, 0.717) is 18.6 Å². The minimum absolute atomic E-state index is 0.313. The van der Waals surface area contributed by atoms with Crippen molar-refractivity contribution in [1.29, 1.82) is 0 Å². The summed E-state index contributed by atoms with van der Waals surface area (Å²) in [5.41, 5.74) is 12.3. The lowest BCUT2D eigenvalue weighted by atomic mass is 9.29. The Kier molecular flexibility index (Phi) is 4.24. The molecule has 2 atom stereocenters. The van der Waals surface area contributed by atoms with Gasteiger partial charge in [-0.25, -0.2) is 0 Å². The molecule has 1 aliphatic carbocycles. The highest BCUT2D eigenvalue weighted by Crippen LogP contribution is 2.55. The lowest BCUT2D eigenvalue weighted by Gasteiger charge is -2.49. The Bertz CT molecular complexity index is 1600. The fourth-order valence-electron chi connectivity index (χ4n) is 7.08. The van der Waals surface area contributed by atoms with Gasteiger partial charge in [-0.15, -0.1) is 0 Å². The Morgan fingerprint density at radius 1 is 0.556 bits per heavy atom. The van der Waals surface area contributed by atoms with Crippen LogP contribution >= 0.6 is 0 Å². The summed E-state index contributed by atoms with van der Waals surface area (Å²) in [7, 11) is 0. The van der Waals surface area contributed by atoms with E-state index in [4.69, 9.17) is 0 Å². The minimum atomic E-state index is 0.313. The summed E-state index contributed by atoms with van der Waals surface area (Å²) in [6, 6.07) is 47.2. The van der Waals surface area contributed by atoms with Gasteiger partial charge >= 0.3 is 0 Å². The maximum atomic E-state index is 2.63. The van der Waals surface area contributed by atoms with Gasteiger partial charge in [-0.2, -0.15) is 0 Å². The second-order valence-electron chi connectivity index (χ2n) is 10.1. The first kappa shape index (κ1) is 20.0. The minimum Gasteiger partial charge on any atom is -0.335 e. The first-order valence-corrected chi connectivity index (χ1v) is 12.9. The van der Waals surface area contributed by atoms with Crippen LogP contribution in [0.5, 0.6) is 0 Å². The highest BCUT2D eigenvalue weighted by Gasteiger charge is 2.52. The van der Waals surface area contributed by atoms with Gasteiger partial charge in [0.15, 0.2) is 0 Å². The van der Waals surface area contributed by atoms with Crippen molar-refractivity contribution in [3.63, 3.8) is 0 Å². The second-order valence-corrected chi connectivity index (χ2v) is 10.1. The maximum absolute atomic E-state index is 2.63. The summed E-state index contributed by atoms with van der Waals surface area (Å²) in [4.78, 5) is 5.10.